The molecule has 0 fully saturated rings. The fraction of sp³-hybridized carbons (Fsp3) is 0.333. The molecule has 0 heterocycles. The summed E-state index contributed by atoms with van der Waals surface area (Å²) in [7, 11) is 3.00. The lowest BCUT2D eigenvalue weighted by molar-refractivity contribution is -0.120. The van der Waals surface area contributed by atoms with Crippen LogP contribution in [-0.4, -0.2) is 49.1 Å². The summed E-state index contributed by atoms with van der Waals surface area (Å²) in [5.41, 5.74) is 0.327. The molecule has 2 amide bonds. The monoisotopic (exact) mass is 292 g/mol. The van der Waals surface area contributed by atoms with Crippen LogP contribution in [0.15, 0.2) is 18.2 Å². The van der Waals surface area contributed by atoms with Gasteiger partial charge < -0.3 is 15.3 Å². The Morgan fingerprint density at radius 2 is 2.14 bits per heavy atom. The summed E-state index contributed by atoms with van der Waals surface area (Å²) in [6.07, 6.45) is 0.143. The van der Waals surface area contributed by atoms with Gasteiger partial charge in [0.25, 0.3) is 5.91 Å². The Balaban J connectivity index is 2.87. The van der Waals surface area contributed by atoms with Crippen molar-refractivity contribution in [2.45, 2.75) is 6.42 Å². The van der Waals surface area contributed by atoms with Gasteiger partial charge in [0.2, 0.25) is 5.91 Å². The Morgan fingerprint density at radius 3 is 2.76 bits per heavy atom. The third-order valence-electron chi connectivity index (χ3n) is 2.81. The number of hydrogen-bond acceptors (Lipinski definition) is 3. The van der Waals surface area contributed by atoms with Gasteiger partial charge in [-0.05, 0) is 18.2 Å². The zero-order chi connectivity index (χ0) is 15.8. The molecule has 0 aliphatic carbocycles. The number of benzene rings is 1. The molecule has 2 N–H and O–H groups in total. The number of amides is 2. The van der Waals surface area contributed by atoms with E-state index < -0.39 is 11.7 Å². The molecule has 0 aliphatic rings. The fourth-order valence-corrected chi connectivity index (χ4v) is 1.61. The van der Waals surface area contributed by atoms with Gasteiger partial charge in [-0.3, -0.25) is 9.59 Å². The Labute approximate surface area is 122 Å². The molecule has 0 unspecified atom stereocenters. The van der Waals surface area contributed by atoms with E-state index in [0.717, 1.165) is 6.07 Å². The maximum absolute atomic E-state index is 13.7. The fourth-order valence-electron chi connectivity index (χ4n) is 1.61. The summed E-state index contributed by atoms with van der Waals surface area (Å²) < 4.78 is 13.7. The number of aliphatic hydroxyl groups is 1. The molecule has 0 aromatic heterocycles. The molecule has 0 radical (unpaired) electrons. The van der Waals surface area contributed by atoms with Crippen LogP contribution >= 0.6 is 0 Å². The van der Waals surface area contributed by atoms with Crippen LogP contribution in [0.1, 0.15) is 22.3 Å². The molecular formula is C15H17FN2O3. The van der Waals surface area contributed by atoms with E-state index in [0.29, 0.717) is 5.56 Å². The van der Waals surface area contributed by atoms with Crippen molar-refractivity contribution in [3.8, 4) is 11.8 Å². The first-order valence-electron chi connectivity index (χ1n) is 6.35. The molecular weight excluding hydrogens is 275 g/mol. The van der Waals surface area contributed by atoms with Crippen LogP contribution in [0.2, 0.25) is 0 Å². The van der Waals surface area contributed by atoms with Gasteiger partial charge in [0.1, 0.15) is 12.4 Å². The lowest BCUT2D eigenvalue weighted by Crippen LogP contribution is -2.31. The molecule has 1 rings (SSSR count). The average molecular weight is 292 g/mol. The Morgan fingerprint density at radius 1 is 1.43 bits per heavy atom. The molecule has 1 aromatic carbocycles. The van der Waals surface area contributed by atoms with E-state index in [1.165, 1.54) is 31.1 Å². The first-order valence-corrected chi connectivity index (χ1v) is 6.35. The van der Waals surface area contributed by atoms with E-state index in [1.54, 1.807) is 0 Å². The van der Waals surface area contributed by atoms with Crippen molar-refractivity contribution in [2.24, 2.45) is 0 Å². The van der Waals surface area contributed by atoms with E-state index >= 15 is 0 Å². The highest BCUT2D eigenvalue weighted by Crippen LogP contribution is 2.12. The summed E-state index contributed by atoms with van der Waals surface area (Å²) in [6.45, 7) is -0.128. The van der Waals surface area contributed by atoms with Gasteiger partial charge >= 0.3 is 0 Å². The van der Waals surface area contributed by atoms with Crippen molar-refractivity contribution in [1.29, 1.82) is 0 Å². The minimum atomic E-state index is -0.652. The van der Waals surface area contributed by atoms with E-state index in [1.807, 2.05) is 0 Å². The largest absolute Gasteiger partial charge is 0.384 e. The molecule has 0 bridgehead atoms. The lowest BCUT2D eigenvalue weighted by Gasteiger charge is -2.17. The van der Waals surface area contributed by atoms with E-state index in [4.69, 9.17) is 5.11 Å². The first kappa shape index (κ1) is 16.7. The summed E-state index contributed by atoms with van der Waals surface area (Å²) in [5, 5.41) is 11.1. The van der Waals surface area contributed by atoms with Gasteiger partial charge in [0.15, 0.2) is 0 Å². The average Bonchev–Trinajstić information content (AvgIpc) is 2.50. The second-order valence-corrected chi connectivity index (χ2v) is 4.30. The smallest absolute Gasteiger partial charge is 0.256 e. The van der Waals surface area contributed by atoms with Crippen LogP contribution < -0.4 is 5.32 Å². The zero-order valence-electron chi connectivity index (χ0n) is 11.9. The second kappa shape index (κ2) is 8.02. The van der Waals surface area contributed by atoms with Crippen LogP contribution in [0, 0.1) is 17.7 Å². The number of rotatable bonds is 4. The Hall–Kier alpha value is -2.39. The minimum Gasteiger partial charge on any atom is -0.384 e. The number of carbonyl (C=O) groups is 2. The number of nitrogens with zero attached hydrogens (tertiary/aromatic N) is 1. The molecule has 5 nitrogen and oxygen atoms in total. The number of hydrogen-bond donors (Lipinski definition) is 2. The summed E-state index contributed by atoms with van der Waals surface area (Å²) >= 11 is 0. The van der Waals surface area contributed by atoms with Crippen molar-refractivity contribution in [3.63, 3.8) is 0 Å². The standard InChI is InChI=1S/C15H17FN2O3/c1-17-14(20)7-8-18(2)15(21)12-10-11(4-3-9-19)5-6-13(12)16/h5-6,10,19H,7-9H2,1-2H3,(H,17,20). The van der Waals surface area contributed by atoms with Crippen molar-refractivity contribution < 1.29 is 19.1 Å². The van der Waals surface area contributed by atoms with Gasteiger partial charge in [-0.25, -0.2) is 4.39 Å². The normalized spacial score (nSPS) is 9.52. The SMILES string of the molecule is CNC(=O)CCN(C)C(=O)c1cc(C#CCO)ccc1F. The first-order chi connectivity index (χ1) is 9.99. The quantitative estimate of drug-likeness (QED) is 0.788. The van der Waals surface area contributed by atoms with Crippen LogP contribution in [0.25, 0.3) is 0 Å². The van der Waals surface area contributed by atoms with Gasteiger partial charge in [0, 0.05) is 32.6 Å². The van der Waals surface area contributed by atoms with Crippen LogP contribution in [0.3, 0.4) is 0 Å². The molecule has 6 heteroatoms. The number of halogens is 1. The molecule has 0 saturated heterocycles. The van der Waals surface area contributed by atoms with Gasteiger partial charge in [-0.2, -0.15) is 0 Å². The molecule has 21 heavy (non-hydrogen) atoms. The highest BCUT2D eigenvalue weighted by molar-refractivity contribution is 5.95. The van der Waals surface area contributed by atoms with Crippen molar-refractivity contribution in [1.82, 2.24) is 10.2 Å². The number of aliphatic hydroxyl groups excluding tert-OH is 1. The third kappa shape index (κ3) is 4.89. The maximum Gasteiger partial charge on any atom is 0.256 e. The summed E-state index contributed by atoms with van der Waals surface area (Å²) in [6, 6.07) is 3.91. The van der Waals surface area contributed by atoms with Gasteiger partial charge in [-0.15, -0.1) is 0 Å². The van der Waals surface area contributed by atoms with E-state index in [9.17, 15) is 14.0 Å². The predicted octanol–water partition coefficient (Wildman–Crippen LogP) is 0.378. The zero-order valence-corrected chi connectivity index (χ0v) is 11.9. The van der Waals surface area contributed by atoms with E-state index in [2.05, 4.69) is 17.2 Å². The number of carbonyl (C=O) groups excluding carboxylic acids is 2. The summed E-state index contributed by atoms with van der Waals surface area (Å²) in [4.78, 5) is 24.6. The third-order valence-corrected chi connectivity index (χ3v) is 2.81. The van der Waals surface area contributed by atoms with Gasteiger partial charge in [0.05, 0.1) is 5.56 Å². The van der Waals surface area contributed by atoms with Crippen LogP contribution in [0.5, 0.6) is 0 Å². The second-order valence-electron chi connectivity index (χ2n) is 4.30. The van der Waals surface area contributed by atoms with Crippen molar-refractivity contribution in [2.75, 3.05) is 27.2 Å². The molecule has 0 spiro atoms. The molecule has 0 atom stereocenters. The maximum atomic E-state index is 13.7. The highest BCUT2D eigenvalue weighted by Gasteiger charge is 2.17. The molecule has 1 aromatic rings. The van der Waals surface area contributed by atoms with E-state index in [-0.39, 0.29) is 31.0 Å². The number of nitrogens with one attached hydrogen (secondary N) is 1. The molecule has 0 aliphatic heterocycles. The minimum absolute atomic E-state index is 0.112. The van der Waals surface area contributed by atoms with Crippen molar-refractivity contribution in [3.05, 3.63) is 35.1 Å². The lowest BCUT2D eigenvalue weighted by atomic mass is 10.1. The Bertz CT molecular complexity index is 590. The van der Waals surface area contributed by atoms with Crippen LogP contribution in [0.4, 0.5) is 4.39 Å². The topological polar surface area (TPSA) is 69.6 Å². The predicted molar refractivity (Wildman–Crippen MR) is 76.0 cm³/mol. The molecule has 112 valence electrons. The summed E-state index contributed by atoms with van der Waals surface area (Å²) in [5.74, 6) is 3.67. The van der Waals surface area contributed by atoms with Gasteiger partial charge in [-0.1, -0.05) is 11.8 Å². The molecule has 0 saturated carbocycles. The Kier molecular flexibility index (Phi) is 6.37. The van der Waals surface area contributed by atoms with Crippen molar-refractivity contribution >= 4 is 11.8 Å². The highest BCUT2D eigenvalue weighted by atomic mass is 19.1. The van der Waals surface area contributed by atoms with Crippen LogP contribution in [-0.2, 0) is 4.79 Å².